The predicted molar refractivity (Wildman–Crippen MR) is 75.8 cm³/mol. The van der Waals surface area contributed by atoms with Crippen LogP contribution in [0.2, 0.25) is 0 Å². The summed E-state index contributed by atoms with van der Waals surface area (Å²) in [4.78, 5) is 0.0666. The van der Waals surface area contributed by atoms with Crippen LogP contribution in [0.25, 0.3) is 0 Å². The first kappa shape index (κ1) is 14.5. The first-order chi connectivity index (χ1) is 9.33. The Labute approximate surface area is 118 Å². The van der Waals surface area contributed by atoms with Gasteiger partial charge < -0.3 is 10.3 Å². The van der Waals surface area contributed by atoms with Crippen LogP contribution < -0.4 is 10.5 Å². The number of hydrogen-bond donors (Lipinski definition) is 2. The highest BCUT2D eigenvalue weighted by molar-refractivity contribution is 7.92. The Balaban J connectivity index is 2.45. The van der Waals surface area contributed by atoms with Gasteiger partial charge in [-0.15, -0.1) is 0 Å². The molecule has 1 aromatic carbocycles. The molecule has 0 aliphatic heterocycles. The van der Waals surface area contributed by atoms with Gasteiger partial charge in [-0.1, -0.05) is 23.4 Å². The molecule has 6 nitrogen and oxygen atoms in total. The molecule has 1 aromatic heterocycles. The third-order valence-corrected chi connectivity index (χ3v) is 4.54. The van der Waals surface area contributed by atoms with Crippen molar-refractivity contribution in [3.8, 4) is 0 Å². The second-order valence-corrected chi connectivity index (χ2v) is 6.25. The second kappa shape index (κ2) is 5.26. The molecule has 0 aliphatic rings. The van der Waals surface area contributed by atoms with Gasteiger partial charge in [0.15, 0.2) is 10.7 Å². The number of para-hydroxylation sites is 1. The van der Waals surface area contributed by atoms with Gasteiger partial charge in [0, 0.05) is 6.04 Å². The van der Waals surface area contributed by atoms with Crippen molar-refractivity contribution in [1.29, 1.82) is 0 Å². The number of nitrogens with two attached hydrogens (primary N) is 1. The van der Waals surface area contributed by atoms with E-state index >= 15 is 0 Å². The monoisotopic (exact) mass is 295 g/mol. The van der Waals surface area contributed by atoms with E-state index in [0.717, 1.165) is 5.56 Å². The van der Waals surface area contributed by atoms with Crippen molar-refractivity contribution >= 4 is 15.7 Å². The number of sulfonamides is 1. The summed E-state index contributed by atoms with van der Waals surface area (Å²) in [6.07, 6.45) is 0. The van der Waals surface area contributed by atoms with Crippen LogP contribution in [0.4, 0.5) is 5.69 Å². The Morgan fingerprint density at radius 2 is 1.95 bits per heavy atom. The van der Waals surface area contributed by atoms with Crippen molar-refractivity contribution in [2.24, 2.45) is 5.73 Å². The minimum absolute atomic E-state index is 0.0666. The maximum atomic E-state index is 12.4. The molecule has 0 saturated carbocycles. The van der Waals surface area contributed by atoms with Crippen molar-refractivity contribution < 1.29 is 12.9 Å². The molecule has 0 fully saturated rings. The largest absolute Gasteiger partial charge is 0.360 e. The molecule has 0 aliphatic carbocycles. The predicted octanol–water partition coefficient (Wildman–Crippen LogP) is 2.11. The average Bonchev–Trinajstić information content (AvgIpc) is 2.69. The van der Waals surface area contributed by atoms with Crippen molar-refractivity contribution in [3.63, 3.8) is 0 Å². The van der Waals surface area contributed by atoms with Gasteiger partial charge in [-0.05, 0) is 32.4 Å². The molecule has 1 atom stereocenters. The average molecular weight is 295 g/mol. The topological polar surface area (TPSA) is 98.2 Å². The molecule has 1 heterocycles. The fraction of sp³-hybridized carbons (Fsp3) is 0.308. The van der Waals surface area contributed by atoms with E-state index in [0.29, 0.717) is 11.4 Å². The molecule has 2 rings (SSSR count). The minimum Gasteiger partial charge on any atom is -0.360 e. The lowest BCUT2D eigenvalue weighted by molar-refractivity contribution is 0.390. The van der Waals surface area contributed by atoms with Crippen LogP contribution in [-0.4, -0.2) is 13.6 Å². The summed E-state index contributed by atoms with van der Waals surface area (Å²) in [6, 6.07) is 6.74. The second-order valence-electron chi connectivity index (χ2n) is 4.63. The summed E-state index contributed by atoms with van der Waals surface area (Å²) < 4.78 is 32.3. The van der Waals surface area contributed by atoms with Crippen LogP contribution in [0.15, 0.2) is 33.7 Å². The lowest BCUT2D eigenvalue weighted by atomic mass is 10.1. The number of anilines is 1. The smallest absolute Gasteiger partial charge is 0.267 e. The highest BCUT2D eigenvalue weighted by Crippen LogP contribution is 2.26. The van der Waals surface area contributed by atoms with E-state index in [1.54, 1.807) is 39.0 Å². The lowest BCUT2D eigenvalue weighted by Gasteiger charge is -2.14. The summed E-state index contributed by atoms with van der Waals surface area (Å²) in [6.45, 7) is 4.94. The van der Waals surface area contributed by atoms with Gasteiger partial charge in [0.25, 0.3) is 10.0 Å². The molecular formula is C13H17N3O3S. The molecular weight excluding hydrogens is 278 g/mol. The molecule has 0 bridgehead atoms. The third-order valence-electron chi connectivity index (χ3n) is 2.93. The Kier molecular flexibility index (Phi) is 3.82. The molecule has 20 heavy (non-hydrogen) atoms. The summed E-state index contributed by atoms with van der Waals surface area (Å²) >= 11 is 0. The maximum absolute atomic E-state index is 12.4. The van der Waals surface area contributed by atoms with Gasteiger partial charge in [-0.25, -0.2) is 8.42 Å². The van der Waals surface area contributed by atoms with Gasteiger partial charge in [-0.3, -0.25) is 4.72 Å². The molecule has 0 radical (unpaired) electrons. The Hall–Kier alpha value is -1.86. The third kappa shape index (κ3) is 2.68. The van der Waals surface area contributed by atoms with E-state index in [2.05, 4.69) is 9.88 Å². The van der Waals surface area contributed by atoms with E-state index in [1.807, 2.05) is 6.07 Å². The zero-order valence-electron chi connectivity index (χ0n) is 11.5. The summed E-state index contributed by atoms with van der Waals surface area (Å²) in [5, 5.41) is 3.66. The molecule has 0 spiro atoms. The Bertz CT molecular complexity index is 701. The fourth-order valence-corrected chi connectivity index (χ4v) is 3.46. The molecule has 0 amide bonds. The van der Waals surface area contributed by atoms with E-state index in [1.165, 1.54) is 0 Å². The summed E-state index contributed by atoms with van der Waals surface area (Å²) in [5.74, 6) is 0.258. The van der Waals surface area contributed by atoms with Gasteiger partial charge in [0.1, 0.15) is 5.69 Å². The number of nitrogens with one attached hydrogen (secondary N) is 1. The highest BCUT2D eigenvalue weighted by atomic mass is 32.2. The van der Waals surface area contributed by atoms with Crippen molar-refractivity contribution in [2.75, 3.05) is 4.72 Å². The van der Waals surface area contributed by atoms with Crippen LogP contribution in [0.5, 0.6) is 0 Å². The zero-order valence-corrected chi connectivity index (χ0v) is 12.4. The molecule has 0 saturated heterocycles. The lowest BCUT2D eigenvalue weighted by Crippen LogP contribution is -2.17. The molecule has 3 N–H and O–H groups in total. The molecule has 7 heteroatoms. The first-order valence-corrected chi connectivity index (χ1v) is 7.61. The van der Waals surface area contributed by atoms with Crippen LogP contribution in [0.1, 0.15) is 30.0 Å². The zero-order chi connectivity index (χ0) is 14.9. The van der Waals surface area contributed by atoms with E-state index in [9.17, 15) is 8.42 Å². The number of aryl methyl sites for hydroxylation is 2. The Morgan fingerprint density at radius 3 is 2.50 bits per heavy atom. The maximum Gasteiger partial charge on any atom is 0.267 e. The molecule has 0 unspecified atom stereocenters. The quantitative estimate of drug-likeness (QED) is 0.900. The number of benzene rings is 1. The summed E-state index contributed by atoms with van der Waals surface area (Å²) in [7, 11) is -3.75. The van der Waals surface area contributed by atoms with Gasteiger partial charge in [-0.2, -0.15) is 0 Å². The number of aromatic nitrogens is 1. The SMILES string of the molecule is Cc1noc(C)c1S(=O)(=O)Nc1ccccc1[C@@H](C)N. The number of nitrogens with zero attached hydrogens (tertiary/aromatic N) is 1. The molecule has 108 valence electrons. The van der Waals surface area contributed by atoms with Crippen molar-refractivity contribution in [1.82, 2.24) is 5.16 Å². The van der Waals surface area contributed by atoms with E-state index in [-0.39, 0.29) is 16.7 Å². The van der Waals surface area contributed by atoms with E-state index in [4.69, 9.17) is 10.3 Å². The van der Waals surface area contributed by atoms with Crippen molar-refractivity contribution in [3.05, 3.63) is 41.3 Å². The van der Waals surface area contributed by atoms with Gasteiger partial charge in [0.2, 0.25) is 0 Å². The Morgan fingerprint density at radius 1 is 1.30 bits per heavy atom. The van der Waals surface area contributed by atoms with Gasteiger partial charge >= 0.3 is 0 Å². The molecule has 2 aromatic rings. The van der Waals surface area contributed by atoms with E-state index < -0.39 is 10.0 Å². The summed E-state index contributed by atoms with van der Waals surface area (Å²) in [5.41, 5.74) is 7.36. The highest BCUT2D eigenvalue weighted by Gasteiger charge is 2.25. The first-order valence-electron chi connectivity index (χ1n) is 6.13. The number of rotatable bonds is 4. The van der Waals surface area contributed by atoms with Crippen LogP contribution in [0, 0.1) is 13.8 Å². The normalized spacial score (nSPS) is 13.2. The van der Waals surface area contributed by atoms with Crippen LogP contribution in [-0.2, 0) is 10.0 Å². The van der Waals surface area contributed by atoms with Crippen molar-refractivity contribution in [2.45, 2.75) is 31.7 Å². The number of hydrogen-bond acceptors (Lipinski definition) is 5. The van der Waals surface area contributed by atoms with Gasteiger partial charge in [0.05, 0.1) is 5.69 Å². The standard InChI is InChI=1S/C13H17N3O3S/c1-8(14)11-6-4-5-7-12(11)16-20(17,18)13-9(2)15-19-10(13)3/h4-8,16H,14H2,1-3H3/t8-/m1/s1. The van der Waals surface area contributed by atoms with Crippen LogP contribution >= 0.6 is 0 Å². The fourth-order valence-electron chi connectivity index (χ4n) is 2.04. The van der Waals surface area contributed by atoms with Crippen LogP contribution in [0.3, 0.4) is 0 Å². The minimum atomic E-state index is -3.75.